The van der Waals surface area contributed by atoms with Crippen molar-refractivity contribution in [2.45, 2.75) is 19.8 Å². The summed E-state index contributed by atoms with van der Waals surface area (Å²) in [5.74, 6) is -0.206. The number of anilines is 1. The molecule has 0 unspecified atom stereocenters. The summed E-state index contributed by atoms with van der Waals surface area (Å²) >= 11 is 1.33. The lowest BCUT2D eigenvalue weighted by Crippen LogP contribution is -2.41. The number of nitriles is 2. The average Bonchev–Trinajstić information content (AvgIpc) is 2.87. The largest absolute Gasteiger partial charge is 0.447 e. The zero-order valence-electron chi connectivity index (χ0n) is 12.5. The highest BCUT2D eigenvalue weighted by Gasteiger charge is 2.32. The fourth-order valence-corrected chi connectivity index (χ4v) is 3.56. The van der Waals surface area contributed by atoms with Crippen LogP contribution in [0, 0.1) is 22.7 Å². The molecule has 112 valence electrons. The number of rotatable bonds is 2. The van der Waals surface area contributed by atoms with Crippen LogP contribution in [0.25, 0.3) is 0 Å². The van der Waals surface area contributed by atoms with Gasteiger partial charge in [0.05, 0.1) is 42.0 Å². The van der Waals surface area contributed by atoms with Crippen LogP contribution in [0.1, 0.15) is 29.5 Å². The maximum atomic E-state index is 9.46. The van der Waals surface area contributed by atoms with Crippen molar-refractivity contribution in [3.05, 3.63) is 38.4 Å². The number of dihydropyridines is 1. The second kappa shape index (κ2) is 5.92. The van der Waals surface area contributed by atoms with Gasteiger partial charge in [-0.2, -0.15) is 10.5 Å². The minimum atomic E-state index is -0.429. The Morgan fingerprint density at radius 1 is 1.32 bits per heavy atom. The van der Waals surface area contributed by atoms with Gasteiger partial charge < -0.3 is 15.8 Å². The van der Waals surface area contributed by atoms with Crippen LogP contribution in [0.2, 0.25) is 0 Å². The molecule has 0 saturated carbocycles. The molecule has 0 radical (unpaired) electrons. The van der Waals surface area contributed by atoms with Crippen molar-refractivity contribution < 1.29 is 10.1 Å². The predicted octanol–water partition coefficient (Wildman–Crippen LogP) is 0.764. The second-order valence-electron chi connectivity index (χ2n) is 4.86. The smallest absolute Gasteiger partial charge is 0.378 e. The van der Waals surface area contributed by atoms with Crippen LogP contribution in [0.3, 0.4) is 0 Å². The van der Waals surface area contributed by atoms with Gasteiger partial charge >= 0.3 is 5.90 Å². The molecule has 1 aromatic rings. The van der Waals surface area contributed by atoms with E-state index in [-0.39, 0.29) is 5.90 Å². The van der Waals surface area contributed by atoms with E-state index in [1.165, 1.54) is 18.4 Å². The molecular formula is C15H16N5OS+. The van der Waals surface area contributed by atoms with Gasteiger partial charge in [0.15, 0.2) is 4.88 Å². The highest BCUT2D eigenvalue weighted by atomic mass is 32.1. The Bertz CT molecular complexity index is 752. The van der Waals surface area contributed by atoms with E-state index in [2.05, 4.69) is 17.5 Å². The Hall–Kier alpha value is -2.77. The van der Waals surface area contributed by atoms with E-state index in [0.717, 1.165) is 16.3 Å². The highest BCUT2D eigenvalue weighted by Crippen LogP contribution is 2.42. The van der Waals surface area contributed by atoms with E-state index in [1.807, 2.05) is 13.8 Å². The second-order valence-corrected chi connectivity index (χ2v) is 5.94. The number of methoxy groups -OCH3 is 1. The fraction of sp³-hybridized carbons (Fsp3) is 0.267. The molecule has 0 spiro atoms. The lowest BCUT2D eigenvalue weighted by molar-refractivity contribution is -0.135. The van der Waals surface area contributed by atoms with E-state index in [0.29, 0.717) is 21.7 Å². The van der Waals surface area contributed by atoms with Gasteiger partial charge in [-0.3, -0.25) is 0 Å². The molecule has 0 aliphatic carbocycles. The first-order valence-corrected chi connectivity index (χ1v) is 7.31. The lowest BCUT2D eigenvalue weighted by atomic mass is 9.86. The predicted molar refractivity (Wildman–Crippen MR) is 84.3 cm³/mol. The van der Waals surface area contributed by atoms with Crippen molar-refractivity contribution in [3.8, 4) is 12.1 Å². The van der Waals surface area contributed by atoms with Crippen molar-refractivity contribution in [2.75, 3.05) is 12.8 Å². The molecule has 0 bridgehead atoms. The molecule has 5 N–H and O–H groups in total. The molecule has 0 fully saturated rings. The number of ether oxygens (including phenoxy) is 1. The first-order chi connectivity index (χ1) is 10.4. The van der Waals surface area contributed by atoms with Crippen molar-refractivity contribution in [2.24, 2.45) is 0 Å². The first kappa shape index (κ1) is 15.6. The maximum absolute atomic E-state index is 9.46. The van der Waals surface area contributed by atoms with Gasteiger partial charge in [0, 0.05) is 16.3 Å². The molecule has 2 heterocycles. The molecule has 0 aromatic carbocycles. The number of hydrogen-bond acceptors (Lipinski definition) is 6. The third-order valence-electron chi connectivity index (χ3n) is 3.51. The average molecular weight is 314 g/mol. The number of nitrogens with one attached hydrogen (secondary N) is 1. The lowest BCUT2D eigenvalue weighted by Gasteiger charge is -2.24. The summed E-state index contributed by atoms with van der Waals surface area (Å²) in [5, 5.41) is 27.8. The minimum absolute atomic E-state index is 0.223. The zero-order valence-corrected chi connectivity index (χ0v) is 13.3. The Balaban J connectivity index is 2.62. The monoisotopic (exact) mass is 314 g/mol. The van der Waals surface area contributed by atoms with Gasteiger partial charge in [-0.25, -0.2) is 5.41 Å². The molecule has 1 aromatic heterocycles. The number of nitrogen functional groups attached to an aromatic ring is 1. The van der Waals surface area contributed by atoms with E-state index in [9.17, 15) is 10.5 Å². The van der Waals surface area contributed by atoms with Gasteiger partial charge in [0.25, 0.3) is 0 Å². The summed E-state index contributed by atoms with van der Waals surface area (Å²) in [6.45, 7) is 3.63. The van der Waals surface area contributed by atoms with Gasteiger partial charge in [-0.05, 0) is 19.9 Å². The molecule has 6 nitrogen and oxygen atoms in total. The van der Waals surface area contributed by atoms with Crippen molar-refractivity contribution in [1.29, 1.82) is 10.5 Å². The third kappa shape index (κ3) is 2.43. The summed E-state index contributed by atoms with van der Waals surface area (Å²) in [5.41, 5.74) is 8.94. The number of nitrogens with zero attached hydrogens (tertiary/aromatic N) is 2. The molecule has 0 saturated heterocycles. The summed E-state index contributed by atoms with van der Waals surface area (Å²) in [7, 11) is 1.47. The summed E-state index contributed by atoms with van der Waals surface area (Å²) < 4.78 is 5.02. The number of hydrogen-bond donors (Lipinski definition) is 3. The molecule has 1 aliphatic rings. The Morgan fingerprint density at radius 2 is 1.86 bits per heavy atom. The van der Waals surface area contributed by atoms with E-state index >= 15 is 0 Å². The SMILES string of the molecule is COC(=[NH2+])c1sc(C2C(C#N)=C(C)NC(C)=C2C#N)cc1N. The van der Waals surface area contributed by atoms with Crippen LogP contribution in [0.5, 0.6) is 0 Å². The van der Waals surface area contributed by atoms with Gasteiger partial charge in [-0.15, -0.1) is 11.3 Å². The summed E-state index contributed by atoms with van der Waals surface area (Å²) in [4.78, 5) is 1.40. The molecular weight excluding hydrogens is 298 g/mol. The summed E-state index contributed by atoms with van der Waals surface area (Å²) in [6.07, 6.45) is 0. The van der Waals surface area contributed by atoms with Crippen molar-refractivity contribution >= 4 is 22.9 Å². The highest BCUT2D eigenvalue weighted by molar-refractivity contribution is 7.14. The van der Waals surface area contributed by atoms with Crippen LogP contribution in [0.4, 0.5) is 5.69 Å². The van der Waals surface area contributed by atoms with E-state index in [1.54, 1.807) is 6.07 Å². The standard InChI is InChI=1S/C15H15N5OS/c1-7-9(5-16)13(10(6-17)8(2)20-7)12-4-11(18)14(22-12)15(19)21-3/h4,13,19-20H,18H2,1-3H3/p+1. The van der Waals surface area contributed by atoms with Crippen LogP contribution < -0.4 is 16.5 Å². The van der Waals surface area contributed by atoms with Gasteiger partial charge in [-0.1, -0.05) is 0 Å². The van der Waals surface area contributed by atoms with E-state index < -0.39 is 5.92 Å². The van der Waals surface area contributed by atoms with Gasteiger partial charge in [0.2, 0.25) is 0 Å². The van der Waals surface area contributed by atoms with E-state index in [4.69, 9.17) is 15.9 Å². The third-order valence-corrected chi connectivity index (χ3v) is 4.74. The van der Waals surface area contributed by atoms with Crippen LogP contribution in [0.15, 0.2) is 28.6 Å². The van der Waals surface area contributed by atoms with Crippen LogP contribution in [-0.4, -0.2) is 13.0 Å². The molecule has 7 heteroatoms. The molecule has 1 aliphatic heterocycles. The van der Waals surface area contributed by atoms with Crippen LogP contribution in [-0.2, 0) is 4.74 Å². The summed E-state index contributed by atoms with van der Waals surface area (Å²) in [6, 6.07) is 6.12. The van der Waals surface area contributed by atoms with Crippen molar-refractivity contribution in [1.82, 2.24) is 5.32 Å². The number of thiophene rings is 1. The molecule has 0 amide bonds. The molecule has 22 heavy (non-hydrogen) atoms. The maximum Gasteiger partial charge on any atom is 0.378 e. The normalized spacial score (nSPS) is 15.1. The zero-order chi connectivity index (χ0) is 16.4. The Kier molecular flexibility index (Phi) is 4.20. The quantitative estimate of drug-likeness (QED) is 0.550. The minimum Gasteiger partial charge on any atom is -0.447 e. The number of allylic oxidation sites excluding steroid dienone is 4. The first-order valence-electron chi connectivity index (χ1n) is 6.49. The van der Waals surface area contributed by atoms with Crippen LogP contribution >= 0.6 is 11.3 Å². The Morgan fingerprint density at radius 3 is 2.32 bits per heavy atom. The van der Waals surface area contributed by atoms with Gasteiger partial charge in [0.1, 0.15) is 0 Å². The Labute approximate surface area is 132 Å². The molecule has 2 rings (SSSR count). The topological polar surface area (TPSA) is 120 Å². The van der Waals surface area contributed by atoms with Crippen molar-refractivity contribution in [3.63, 3.8) is 0 Å². The fourth-order valence-electron chi connectivity index (χ4n) is 2.43. The number of nitrogens with two attached hydrogens (primary N) is 2. The molecule has 0 atom stereocenters.